The highest BCUT2D eigenvalue weighted by Crippen LogP contribution is 2.41. The third-order valence-electron chi connectivity index (χ3n) is 4.17. The van der Waals surface area contributed by atoms with Crippen LogP contribution in [0.4, 0.5) is 5.95 Å². The molecule has 1 N–H and O–H groups in total. The molecule has 0 fully saturated rings. The highest BCUT2D eigenvalue weighted by atomic mass is 79.9. The maximum atomic E-state index is 12.8. The van der Waals surface area contributed by atoms with Gasteiger partial charge in [0.1, 0.15) is 11.8 Å². The van der Waals surface area contributed by atoms with E-state index in [2.05, 4.69) is 31.3 Å². The molecule has 1 aliphatic heterocycles. The van der Waals surface area contributed by atoms with Crippen LogP contribution in [-0.4, -0.2) is 39.7 Å². The molecule has 9 heteroatoms. The predicted molar refractivity (Wildman–Crippen MR) is 113 cm³/mol. The zero-order chi connectivity index (χ0) is 20.3. The summed E-state index contributed by atoms with van der Waals surface area (Å²) >= 11 is 5.08. The number of carbonyl (C=O) groups is 1. The highest BCUT2D eigenvalue weighted by molar-refractivity contribution is 9.10. The van der Waals surface area contributed by atoms with Gasteiger partial charge in [-0.1, -0.05) is 34.6 Å². The molecule has 1 unspecified atom stereocenters. The quantitative estimate of drug-likeness (QED) is 0.478. The van der Waals surface area contributed by atoms with Crippen molar-refractivity contribution in [2.24, 2.45) is 0 Å². The molecule has 0 aliphatic carbocycles. The summed E-state index contributed by atoms with van der Waals surface area (Å²) in [5.41, 5.74) is 2.00. The number of nitrogens with zero attached hydrogens (tertiary/aromatic N) is 3. The van der Waals surface area contributed by atoms with Crippen molar-refractivity contribution >= 4 is 39.6 Å². The van der Waals surface area contributed by atoms with Crippen molar-refractivity contribution in [1.29, 1.82) is 0 Å². The van der Waals surface area contributed by atoms with Crippen molar-refractivity contribution in [3.05, 3.63) is 39.5 Å². The molecule has 0 saturated heterocycles. The van der Waals surface area contributed by atoms with Crippen LogP contribution in [0.15, 0.2) is 39.1 Å². The summed E-state index contributed by atoms with van der Waals surface area (Å²) in [7, 11) is 0. The number of nitrogens with one attached hydrogen (secondary N) is 1. The molecule has 1 aliphatic rings. The lowest BCUT2D eigenvalue weighted by atomic mass is 9.95. The number of anilines is 1. The molecule has 7 nitrogen and oxygen atoms in total. The van der Waals surface area contributed by atoms with Crippen molar-refractivity contribution in [2.75, 3.05) is 24.3 Å². The number of allylic oxidation sites excluding steroid dienone is 1. The Bertz CT molecular complexity index is 913. The largest absolute Gasteiger partial charge is 0.494 e. The molecule has 0 bridgehead atoms. The SMILES string of the molecule is CCOC(=O)C1=C(C)Nc2nc(SCC)nn2C1c1cc(Br)ccc1OCC. The van der Waals surface area contributed by atoms with Crippen molar-refractivity contribution in [3.8, 4) is 5.75 Å². The first-order valence-electron chi connectivity index (χ1n) is 9.16. The monoisotopic (exact) mass is 466 g/mol. The number of hydrogen-bond donors (Lipinski definition) is 1. The molecule has 28 heavy (non-hydrogen) atoms. The summed E-state index contributed by atoms with van der Waals surface area (Å²) in [6, 6.07) is 5.25. The van der Waals surface area contributed by atoms with Gasteiger partial charge in [-0.3, -0.25) is 0 Å². The van der Waals surface area contributed by atoms with Crippen LogP contribution < -0.4 is 10.1 Å². The molecule has 1 atom stereocenters. The molecule has 3 rings (SSSR count). The van der Waals surface area contributed by atoms with E-state index in [9.17, 15) is 4.79 Å². The van der Waals surface area contributed by atoms with Gasteiger partial charge in [-0.2, -0.15) is 4.98 Å². The van der Waals surface area contributed by atoms with Gasteiger partial charge >= 0.3 is 5.97 Å². The number of fused-ring (bicyclic) bond motifs is 1. The maximum absolute atomic E-state index is 12.8. The molecule has 1 aromatic heterocycles. The Morgan fingerprint density at radius 3 is 2.79 bits per heavy atom. The first kappa shape index (κ1) is 20.7. The van der Waals surface area contributed by atoms with Crippen LogP contribution >= 0.6 is 27.7 Å². The van der Waals surface area contributed by atoms with Crippen LogP contribution in [0.5, 0.6) is 5.75 Å². The lowest BCUT2D eigenvalue weighted by Gasteiger charge is -2.29. The average molecular weight is 467 g/mol. The van der Waals surface area contributed by atoms with E-state index in [-0.39, 0.29) is 5.97 Å². The van der Waals surface area contributed by atoms with Crippen molar-refractivity contribution < 1.29 is 14.3 Å². The molecule has 0 spiro atoms. The molecular weight excluding hydrogens is 444 g/mol. The van der Waals surface area contributed by atoms with E-state index < -0.39 is 6.04 Å². The second-order valence-electron chi connectivity index (χ2n) is 6.00. The van der Waals surface area contributed by atoms with Crippen LogP contribution in [-0.2, 0) is 9.53 Å². The molecule has 0 amide bonds. The van der Waals surface area contributed by atoms with Gasteiger partial charge in [0.15, 0.2) is 0 Å². The van der Waals surface area contributed by atoms with Gasteiger partial charge in [-0.25, -0.2) is 9.48 Å². The molecule has 1 aromatic carbocycles. The van der Waals surface area contributed by atoms with Crippen LogP contribution in [0.2, 0.25) is 0 Å². The minimum absolute atomic E-state index is 0.292. The van der Waals surface area contributed by atoms with E-state index in [1.165, 1.54) is 0 Å². The summed E-state index contributed by atoms with van der Waals surface area (Å²) < 4.78 is 13.8. The number of rotatable bonds is 7. The minimum Gasteiger partial charge on any atom is -0.494 e. The van der Waals surface area contributed by atoms with Crippen molar-refractivity contribution in [2.45, 2.75) is 38.9 Å². The van der Waals surface area contributed by atoms with E-state index >= 15 is 0 Å². The molecular formula is C19H23BrN4O3S. The smallest absolute Gasteiger partial charge is 0.338 e. The fraction of sp³-hybridized carbons (Fsp3) is 0.421. The summed E-state index contributed by atoms with van der Waals surface area (Å²) in [6.45, 7) is 8.42. The van der Waals surface area contributed by atoms with Gasteiger partial charge in [-0.05, 0) is 44.7 Å². The zero-order valence-electron chi connectivity index (χ0n) is 16.3. The second-order valence-corrected chi connectivity index (χ2v) is 8.14. The fourth-order valence-corrected chi connectivity index (χ4v) is 4.04. The molecule has 0 saturated carbocycles. The number of halogens is 1. The number of thioether (sulfide) groups is 1. The summed E-state index contributed by atoms with van der Waals surface area (Å²) in [4.78, 5) is 17.4. The highest BCUT2D eigenvalue weighted by Gasteiger charge is 2.36. The Hall–Kier alpha value is -2.00. The average Bonchev–Trinajstić information content (AvgIpc) is 3.04. The predicted octanol–water partition coefficient (Wildman–Crippen LogP) is 4.40. The van der Waals surface area contributed by atoms with Crippen molar-refractivity contribution in [3.63, 3.8) is 0 Å². The summed E-state index contributed by atoms with van der Waals surface area (Å²) in [5, 5.41) is 8.50. The molecule has 2 aromatic rings. The van der Waals surface area contributed by atoms with Gasteiger partial charge in [0.05, 0.1) is 18.8 Å². The number of benzene rings is 1. The van der Waals surface area contributed by atoms with Gasteiger partial charge in [0.25, 0.3) is 0 Å². The maximum Gasteiger partial charge on any atom is 0.338 e. The molecule has 150 valence electrons. The van der Waals surface area contributed by atoms with Crippen LogP contribution in [0.3, 0.4) is 0 Å². The van der Waals surface area contributed by atoms with Crippen LogP contribution in [0, 0.1) is 0 Å². The van der Waals surface area contributed by atoms with E-state index in [0.29, 0.717) is 41.3 Å². The lowest BCUT2D eigenvalue weighted by molar-refractivity contribution is -0.139. The Morgan fingerprint density at radius 1 is 1.32 bits per heavy atom. The first-order chi connectivity index (χ1) is 13.5. The van der Waals surface area contributed by atoms with E-state index in [4.69, 9.17) is 9.47 Å². The Morgan fingerprint density at radius 2 is 2.11 bits per heavy atom. The van der Waals surface area contributed by atoms with Crippen molar-refractivity contribution in [1.82, 2.24) is 14.8 Å². The van der Waals surface area contributed by atoms with E-state index in [0.717, 1.165) is 15.8 Å². The van der Waals surface area contributed by atoms with Gasteiger partial charge in [0.2, 0.25) is 11.1 Å². The normalized spacial score (nSPS) is 15.8. The third kappa shape index (κ3) is 4.05. The number of hydrogen-bond acceptors (Lipinski definition) is 7. The second kappa shape index (κ2) is 9.00. The third-order valence-corrected chi connectivity index (χ3v) is 5.38. The Labute approximate surface area is 177 Å². The Balaban J connectivity index is 2.21. The standard InChI is InChI=1S/C19H23BrN4O3S/c1-5-26-14-9-8-12(20)10-13(14)16-15(17(25)27-6-2)11(4)21-18-22-19(28-7-3)23-24(16)18/h8-10,16H,5-7H2,1-4H3,(H,21,22,23). The van der Waals surface area contributed by atoms with E-state index in [1.807, 2.05) is 39.0 Å². The number of carbonyl (C=O) groups excluding carboxylic acids is 1. The minimum atomic E-state index is -0.506. The van der Waals surface area contributed by atoms with Crippen LogP contribution in [0.1, 0.15) is 39.3 Å². The number of aromatic nitrogens is 3. The van der Waals surface area contributed by atoms with E-state index in [1.54, 1.807) is 23.4 Å². The lowest BCUT2D eigenvalue weighted by Crippen LogP contribution is -2.30. The van der Waals surface area contributed by atoms with Gasteiger partial charge in [0, 0.05) is 15.7 Å². The number of ether oxygens (including phenoxy) is 2. The topological polar surface area (TPSA) is 78.3 Å². The Kier molecular flexibility index (Phi) is 6.66. The van der Waals surface area contributed by atoms with Gasteiger partial charge < -0.3 is 14.8 Å². The number of esters is 1. The zero-order valence-corrected chi connectivity index (χ0v) is 18.7. The first-order valence-corrected chi connectivity index (χ1v) is 10.9. The fourth-order valence-electron chi connectivity index (χ4n) is 3.10. The van der Waals surface area contributed by atoms with Crippen LogP contribution in [0.25, 0.3) is 0 Å². The summed E-state index contributed by atoms with van der Waals surface area (Å²) in [5.74, 6) is 1.75. The molecule has 0 radical (unpaired) electrons. The summed E-state index contributed by atoms with van der Waals surface area (Å²) in [6.07, 6.45) is 0. The van der Waals surface area contributed by atoms with Gasteiger partial charge in [-0.15, -0.1) is 5.10 Å². The molecule has 2 heterocycles.